The van der Waals surface area contributed by atoms with Crippen LogP contribution < -0.4 is 5.32 Å². The van der Waals surface area contributed by atoms with Gasteiger partial charge in [-0.3, -0.25) is 9.78 Å². The number of amides is 1. The third-order valence-corrected chi connectivity index (χ3v) is 2.94. The minimum absolute atomic E-state index is 0.0725. The maximum atomic E-state index is 11.9. The Bertz CT molecular complexity index is 405. The molecule has 4 heteroatoms. The van der Waals surface area contributed by atoms with Gasteiger partial charge in [-0.25, -0.2) is 0 Å². The molecule has 1 unspecified atom stereocenters. The number of aliphatic hydroxyl groups excluding tert-OH is 1. The molecule has 1 amide bonds. The van der Waals surface area contributed by atoms with Crippen LogP contribution in [0.25, 0.3) is 0 Å². The van der Waals surface area contributed by atoms with Gasteiger partial charge in [-0.05, 0) is 44.7 Å². The van der Waals surface area contributed by atoms with Gasteiger partial charge in [-0.1, -0.05) is 6.92 Å². The third-order valence-electron chi connectivity index (χ3n) is 2.94. The number of aryl methyl sites for hydroxylation is 2. The predicted molar refractivity (Wildman–Crippen MR) is 71.5 cm³/mol. The zero-order chi connectivity index (χ0) is 13.5. The van der Waals surface area contributed by atoms with Crippen LogP contribution in [0.4, 0.5) is 0 Å². The second kappa shape index (κ2) is 7.11. The van der Waals surface area contributed by atoms with Crippen LogP contribution >= 0.6 is 0 Å². The van der Waals surface area contributed by atoms with Gasteiger partial charge in [0.25, 0.3) is 5.91 Å². The highest BCUT2D eigenvalue weighted by atomic mass is 16.3. The molecule has 1 aromatic rings. The van der Waals surface area contributed by atoms with E-state index in [1.165, 1.54) is 0 Å². The Labute approximate surface area is 108 Å². The number of nitrogens with one attached hydrogen (secondary N) is 1. The number of nitrogens with zero attached hydrogens (tertiary/aromatic N) is 1. The van der Waals surface area contributed by atoms with E-state index < -0.39 is 0 Å². The quantitative estimate of drug-likeness (QED) is 0.757. The molecular weight excluding hydrogens is 228 g/mol. The van der Waals surface area contributed by atoms with E-state index in [-0.39, 0.29) is 12.5 Å². The van der Waals surface area contributed by atoms with Gasteiger partial charge in [0.15, 0.2) is 0 Å². The van der Waals surface area contributed by atoms with E-state index in [2.05, 4.69) is 10.3 Å². The Morgan fingerprint density at radius 1 is 1.44 bits per heavy atom. The van der Waals surface area contributed by atoms with Crippen molar-refractivity contribution in [2.75, 3.05) is 13.2 Å². The number of pyridine rings is 1. The van der Waals surface area contributed by atoms with E-state index in [0.29, 0.717) is 18.0 Å². The molecule has 0 aliphatic heterocycles. The van der Waals surface area contributed by atoms with Crippen molar-refractivity contribution in [1.82, 2.24) is 10.3 Å². The summed E-state index contributed by atoms with van der Waals surface area (Å²) in [5, 5.41) is 11.8. The van der Waals surface area contributed by atoms with Crippen molar-refractivity contribution < 1.29 is 9.90 Å². The second-order valence-electron chi connectivity index (χ2n) is 4.77. The SMILES string of the molecule is Cc1ccc(C(=O)NCCCC(C)CO)c(C)n1. The molecule has 0 saturated carbocycles. The molecule has 1 atom stereocenters. The highest BCUT2D eigenvalue weighted by Crippen LogP contribution is 2.07. The highest BCUT2D eigenvalue weighted by molar-refractivity contribution is 5.95. The van der Waals surface area contributed by atoms with E-state index >= 15 is 0 Å². The lowest BCUT2D eigenvalue weighted by atomic mass is 10.1. The first kappa shape index (κ1) is 14.6. The average Bonchev–Trinajstić information content (AvgIpc) is 2.34. The van der Waals surface area contributed by atoms with Crippen molar-refractivity contribution in [3.63, 3.8) is 0 Å². The maximum absolute atomic E-state index is 11.9. The lowest BCUT2D eigenvalue weighted by Gasteiger charge is -2.09. The van der Waals surface area contributed by atoms with Crippen LogP contribution in [0.3, 0.4) is 0 Å². The molecule has 1 heterocycles. The van der Waals surface area contributed by atoms with Crippen molar-refractivity contribution in [3.05, 3.63) is 29.1 Å². The number of carbonyl (C=O) groups excluding carboxylic acids is 1. The largest absolute Gasteiger partial charge is 0.396 e. The van der Waals surface area contributed by atoms with Gasteiger partial charge in [0.05, 0.1) is 11.3 Å². The molecule has 0 radical (unpaired) electrons. The maximum Gasteiger partial charge on any atom is 0.253 e. The van der Waals surface area contributed by atoms with Gasteiger partial charge < -0.3 is 10.4 Å². The normalized spacial score (nSPS) is 12.2. The first-order valence-corrected chi connectivity index (χ1v) is 6.38. The minimum Gasteiger partial charge on any atom is -0.396 e. The molecule has 1 rings (SSSR count). The lowest BCUT2D eigenvalue weighted by molar-refractivity contribution is 0.0951. The standard InChI is InChI=1S/C14H22N2O2/c1-10(9-17)5-4-8-15-14(18)13-7-6-11(2)16-12(13)3/h6-7,10,17H,4-5,8-9H2,1-3H3,(H,15,18). The molecule has 18 heavy (non-hydrogen) atoms. The number of aromatic nitrogens is 1. The summed E-state index contributed by atoms with van der Waals surface area (Å²) in [6.45, 7) is 6.59. The number of aliphatic hydroxyl groups is 1. The molecule has 100 valence electrons. The van der Waals surface area contributed by atoms with Crippen molar-refractivity contribution >= 4 is 5.91 Å². The van der Waals surface area contributed by atoms with Crippen LogP contribution in [0.5, 0.6) is 0 Å². The number of hydrogen-bond donors (Lipinski definition) is 2. The Morgan fingerprint density at radius 2 is 2.17 bits per heavy atom. The van der Waals surface area contributed by atoms with Crippen LogP contribution in [0.2, 0.25) is 0 Å². The summed E-state index contributed by atoms with van der Waals surface area (Å²) < 4.78 is 0. The Balaban J connectivity index is 2.41. The van der Waals surface area contributed by atoms with Crippen LogP contribution in [0, 0.1) is 19.8 Å². The first-order chi connectivity index (χ1) is 8.54. The van der Waals surface area contributed by atoms with Gasteiger partial charge in [0.2, 0.25) is 0 Å². The summed E-state index contributed by atoms with van der Waals surface area (Å²) in [6.07, 6.45) is 1.80. The van der Waals surface area contributed by atoms with Gasteiger partial charge in [0.1, 0.15) is 0 Å². The summed E-state index contributed by atoms with van der Waals surface area (Å²) in [5.74, 6) is 0.223. The third kappa shape index (κ3) is 4.45. The smallest absolute Gasteiger partial charge is 0.253 e. The molecule has 0 aliphatic rings. The Kier molecular flexibility index (Phi) is 5.78. The van der Waals surface area contributed by atoms with Gasteiger partial charge in [-0.2, -0.15) is 0 Å². The fourth-order valence-electron chi connectivity index (χ4n) is 1.77. The summed E-state index contributed by atoms with van der Waals surface area (Å²) in [7, 11) is 0. The van der Waals surface area contributed by atoms with Gasteiger partial charge in [-0.15, -0.1) is 0 Å². The molecule has 0 saturated heterocycles. The Morgan fingerprint density at radius 3 is 2.78 bits per heavy atom. The summed E-state index contributed by atoms with van der Waals surface area (Å²) >= 11 is 0. The topological polar surface area (TPSA) is 62.2 Å². The molecular formula is C14H22N2O2. The van der Waals surface area contributed by atoms with Crippen molar-refractivity contribution in [2.24, 2.45) is 5.92 Å². The van der Waals surface area contributed by atoms with Crippen molar-refractivity contribution in [3.8, 4) is 0 Å². The molecule has 4 nitrogen and oxygen atoms in total. The lowest BCUT2D eigenvalue weighted by Crippen LogP contribution is -2.26. The van der Waals surface area contributed by atoms with Gasteiger partial charge in [0, 0.05) is 18.8 Å². The van der Waals surface area contributed by atoms with Crippen molar-refractivity contribution in [2.45, 2.75) is 33.6 Å². The molecule has 1 aromatic heterocycles. The van der Waals surface area contributed by atoms with E-state index in [4.69, 9.17) is 5.11 Å². The summed E-state index contributed by atoms with van der Waals surface area (Å²) in [6, 6.07) is 3.65. The molecule has 0 aliphatic carbocycles. The highest BCUT2D eigenvalue weighted by Gasteiger charge is 2.09. The Hall–Kier alpha value is -1.42. The predicted octanol–water partition coefficient (Wildman–Crippen LogP) is 1.84. The summed E-state index contributed by atoms with van der Waals surface area (Å²) in [4.78, 5) is 16.2. The summed E-state index contributed by atoms with van der Waals surface area (Å²) in [5.41, 5.74) is 2.31. The molecule has 0 spiro atoms. The van der Waals surface area contributed by atoms with Crippen molar-refractivity contribution in [1.29, 1.82) is 0 Å². The first-order valence-electron chi connectivity index (χ1n) is 6.38. The molecule has 2 N–H and O–H groups in total. The zero-order valence-electron chi connectivity index (χ0n) is 11.4. The fraction of sp³-hybridized carbons (Fsp3) is 0.571. The van der Waals surface area contributed by atoms with Crippen LogP contribution in [0.15, 0.2) is 12.1 Å². The molecule has 0 fully saturated rings. The molecule has 0 bridgehead atoms. The van der Waals surface area contributed by atoms with Crippen LogP contribution in [0.1, 0.15) is 41.5 Å². The zero-order valence-corrected chi connectivity index (χ0v) is 11.4. The monoisotopic (exact) mass is 250 g/mol. The molecule has 0 aromatic carbocycles. The second-order valence-corrected chi connectivity index (χ2v) is 4.77. The minimum atomic E-state index is -0.0725. The number of carbonyl (C=O) groups is 1. The van der Waals surface area contributed by atoms with E-state index in [1.807, 2.05) is 32.9 Å². The number of rotatable bonds is 6. The van der Waals surface area contributed by atoms with E-state index in [9.17, 15) is 4.79 Å². The number of hydrogen-bond acceptors (Lipinski definition) is 3. The average molecular weight is 250 g/mol. The fourth-order valence-corrected chi connectivity index (χ4v) is 1.77. The van der Waals surface area contributed by atoms with E-state index in [1.54, 1.807) is 0 Å². The van der Waals surface area contributed by atoms with Crippen LogP contribution in [-0.2, 0) is 0 Å². The van der Waals surface area contributed by atoms with Crippen LogP contribution in [-0.4, -0.2) is 29.1 Å². The van der Waals surface area contributed by atoms with Gasteiger partial charge >= 0.3 is 0 Å². The van der Waals surface area contributed by atoms with E-state index in [0.717, 1.165) is 24.2 Å².